The third kappa shape index (κ3) is 4.38. The number of thiazole rings is 1. The molecular formula is C20H18ClNO4S2. The first-order valence-corrected chi connectivity index (χ1v) is 11.3. The standard InChI is InChI=1S/C20H18ClNO4S2/c1-24-18-4-2-13(3-5-18)20-22-17(9-27-20)11-28(23)10-15-7-16(21)6-14-8-25-12-26-19(14)15/h2-7,9H,8,10-12H2,1H3. The Morgan fingerprint density at radius 3 is 2.86 bits per heavy atom. The summed E-state index contributed by atoms with van der Waals surface area (Å²) in [6.45, 7) is 0.651. The molecule has 0 saturated heterocycles. The van der Waals surface area contributed by atoms with Crippen LogP contribution in [-0.4, -0.2) is 23.1 Å². The molecular weight excluding hydrogens is 418 g/mol. The summed E-state index contributed by atoms with van der Waals surface area (Å²) < 4.78 is 28.8. The van der Waals surface area contributed by atoms with Gasteiger partial charge in [-0.3, -0.25) is 4.21 Å². The Bertz CT molecular complexity index is 1000. The summed E-state index contributed by atoms with van der Waals surface area (Å²) in [6.07, 6.45) is 0. The summed E-state index contributed by atoms with van der Waals surface area (Å²) in [7, 11) is 0.508. The van der Waals surface area contributed by atoms with Crippen molar-refractivity contribution in [2.45, 2.75) is 18.1 Å². The summed E-state index contributed by atoms with van der Waals surface area (Å²) in [4.78, 5) is 4.63. The molecule has 28 heavy (non-hydrogen) atoms. The highest BCUT2D eigenvalue weighted by molar-refractivity contribution is 7.83. The van der Waals surface area contributed by atoms with Crippen LogP contribution in [0, 0.1) is 0 Å². The lowest BCUT2D eigenvalue weighted by Gasteiger charge is -2.21. The van der Waals surface area contributed by atoms with Crippen molar-refractivity contribution in [3.63, 3.8) is 0 Å². The van der Waals surface area contributed by atoms with Crippen LogP contribution in [0.2, 0.25) is 5.02 Å². The predicted molar refractivity (Wildman–Crippen MR) is 111 cm³/mol. The van der Waals surface area contributed by atoms with Crippen molar-refractivity contribution in [2.24, 2.45) is 0 Å². The minimum absolute atomic E-state index is 0.200. The molecule has 0 aliphatic carbocycles. The Morgan fingerprint density at radius 1 is 1.25 bits per heavy atom. The lowest BCUT2D eigenvalue weighted by Crippen LogP contribution is -2.14. The summed E-state index contributed by atoms with van der Waals surface area (Å²) in [6, 6.07) is 11.4. The highest BCUT2D eigenvalue weighted by atomic mass is 35.5. The van der Waals surface area contributed by atoms with Gasteiger partial charge in [0.25, 0.3) is 0 Å². The summed E-state index contributed by atoms with van der Waals surface area (Å²) in [5, 5.41) is 3.44. The van der Waals surface area contributed by atoms with Crippen molar-refractivity contribution >= 4 is 33.7 Å². The quantitative estimate of drug-likeness (QED) is 0.557. The first-order valence-electron chi connectivity index (χ1n) is 8.58. The van der Waals surface area contributed by atoms with E-state index in [9.17, 15) is 4.21 Å². The minimum atomic E-state index is -1.13. The van der Waals surface area contributed by atoms with Gasteiger partial charge in [0.15, 0.2) is 6.79 Å². The van der Waals surface area contributed by atoms with Gasteiger partial charge in [-0.25, -0.2) is 4.98 Å². The van der Waals surface area contributed by atoms with E-state index in [-0.39, 0.29) is 6.79 Å². The molecule has 0 N–H and O–H groups in total. The van der Waals surface area contributed by atoms with Crippen molar-refractivity contribution in [1.29, 1.82) is 0 Å². The molecule has 0 saturated carbocycles. The van der Waals surface area contributed by atoms with E-state index >= 15 is 0 Å². The number of methoxy groups -OCH3 is 1. The molecule has 1 aliphatic rings. The maximum atomic E-state index is 12.7. The lowest BCUT2D eigenvalue weighted by molar-refractivity contribution is -0.0169. The fourth-order valence-electron chi connectivity index (χ4n) is 2.99. The summed E-state index contributed by atoms with van der Waals surface area (Å²) in [5.74, 6) is 2.28. The zero-order chi connectivity index (χ0) is 19.5. The van der Waals surface area contributed by atoms with Crippen molar-refractivity contribution in [3.8, 4) is 22.1 Å². The third-order valence-corrected chi connectivity index (χ3v) is 6.67. The maximum absolute atomic E-state index is 12.7. The Hall–Kier alpha value is -1.93. The van der Waals surface area contributed by atoms with Crippen LogP contribution < -0.4 is 9.47 Å². The number of nitrogens with zero attached hydrogens (tertiary/aromatic N) is 1. The Kier molecular flexibility index (Phi) is 5.96. The smallest absolute Gasteiger partial charge is 0.189 e. The second-order valence-electron chi connectivity index (χ2n) is 6.26. The molecule has 146 valence electrons. The molecule has 0 spiro atoms. The molecule has 1 aromatic heterocycles. The van der Waals surface area contributed by atoms with Gasteiger partial charge in [0.1, 0.15) is 16.5 Å². The molecule has 2 aromatic carbocycles. The summed E-state index contributed by atoms with van der Waals surface area (Å²) >= 11 is 7.73. The van der Waals surface area contributed by atoms with Crippen LogP contribution in [0.15, 0.2) is 41.8 Å². The number of fused-ring (bicyclic) bond motifs is 1. The number of ether oxygens (including phenoxy) is 3. The normalized spacial score (nSPS) is 14.2. The van der Waals surface area contributed by atoms with E-state index in [1.807, 2.05) is 41.8 Å². The summed E-state index contributed by atoms with van der Waals surface area (Å²) in [5.41, 5.74) is 3.56. The number of halogens is 1. The van der Waals surface area contributed by atoms with Crippen molar-refractivity contribution in [3.05, 3.63) is 63.6 Å². The average molecular weight is 436 g/mol. The Balaban J connectivity index is 1.46. The van der Waals surface area contributed by atoms with E-state index < -0.39 is 10.8 Å². The van der Waals surface area contributed by atoms with Gasteiger partial charge >= 0.3 is 0 Å². The number of rotatable bonds is 6. The second-order valence-corrected chi connectivity index (χ2v) is 9.02. The third-order valence-electron chi connectivity index (χ3n) is 4.27. The van der Waals surface area contributed by atoms with Gasteiger partial charge in [0, 0.05) is 37.9 Å². The van der Waals surface area contributed by atoms with E-state index in [0.29, 0.717) is 23.1 Å². The van der Waals surface area contributed by atoms with Crippen LogP contribution in [0.3, 0.4) is 0 Å². The van der Waals surface area contributed by atoms with Crippen LogP contribution in [0.5, 0.6) is 11.5 Å². The highest BCUT2D eigenvalue weighted by Gasteiger charge is 2.18. The number of hydrogen-bond acceptors (Lipinski definition) is 6. The molecule has 3 aromatic rings. The molecule has 0 radical (unpaired) electrons. The fourth-order valence-corrected chi connectivity index (χ4v) is 5.33. The Labute approximate surface area is 174 Å². The van der Waals surface area contributed by atoms with Crippen molar-refractivity contribution in [1.82, 2.24) is 4.98 Å². The van der Waals surface area contributed by atoms with Crippen LogP contribution >= 0.6 is 22.9 Å². The fraction of sp³-hybridized carbons (Fsp3) is 0.250. The molecule has 1 aliphatic heterocycles. The van der Waals surface area contributed by atoms with Crippen LogP contribution in [0.25, 0.3) is 10.6 Å². The van der Waals surface area contributed by atoms with Crippen LogP contribution in [-0.2, 0) is 33.6 Å². The van der Waals surface area contributed by atoms with Crippen molar-refractivity contribution in [2.75, 3.05) is 13.9 Å². The van der Waals surface area contributed by atoms with Crippen LogP contribution in [0.1, 0.15) is 16.8 Å². The number of aromatic nitrogens is 1. The van der Waals surface area contributed by atoms with Gasteiger partial charge in [0.05, 0.1) is 30.9 Å². The first kappa shape index (κ1) is 19.4. The maximum Gasteiger partial charge on any atom is 0.189 e. The highest BCUT2D eigenvalue weighted by Crippen LogP contribution is 2.33. The van der Waals surface area contributed by atoms with Gasteiger partial charge in [-0.2, -0.15) is 0 Å². The topological polar surface area (TPSA) is 57.7 Å². The van der Waals surface area contributed by atoms with Crippen LogP contribution in [0.4, 0.5) is 0 Å². The molecule has 2 heterocycles. The van der Waals surface area contributed by atoms with E-state index in [4.69, 9.17) is 25.8 Å². The molecule has 0 amide bonds. The first-order chi connectivity index (χ1) is 13.6. The van der Waals surface area contributed by atoms with Gasteiger partial charge in [-0.15, -0.1) is 11.3 Å². The average Bonchev–Trinajstić information content (AvgIpc) is 3.16. The molecule has 1 atom stereocenters. The van der Waals surface area contributed by atoms with E-state index in [2.05, 4.69) is 4.98 Å². The predicted octanol–water partition coefficient (Wildman–Crippen LogP) is 4.79. The molecule has 5 nitrogen and oxygen atoms in total. The second kappa shape index (κ2) is 8.61. The van der Waals surface area contributed by atoms with Gasteiger partial charge in [-0.1, -0.05) is 11.6 Å². The molecule has 8 heteroatoms. The minimum Gasteiger partial charge on any atom is -0.497 e. The lowest BCUT2D eigenvalue weighted by atomic mass is 10.1. The van der Waals surface area contributed by atoms with Gasteiger partial charge in [0.2, 0.25) is 0 Å². The zero-order valence-corrected chi connectivity index (χ0v) is 17.5. The molecule has 0 bridgehead atoms. The van der Waals surface area contributed by atoms with Gasteiger partial charge < -0.3 is 14.2 Å². The molecule has 1 unspecified atom stereocenters. The van der Waals surface area contributed by atoms with E-state index in [1.165, 1.54) is 0 Å². The Morgan fingerprint density at radius 2 is 2.07 bits per heavy atom. The molecule has 0 fully saturated rings. The largest absolute Gasteiger partial charge is 0.497 e. The van der Waals surface area contributed by atoms with E-state index in [1.54, 1.807) is 18.4 Å². The monoisotopic (exact) mass is 435 g/mol. The van der Waals surface area contributed by atoms with Crippen molar-refractivity contribution < 1.29 is 18.4 Å². The number of benzene rings is 2. The molecule has 4 rings (SSSR count). The van der Waals surface area contributed by atoms with E-state index in [0.717, 1.165) is 38.9 Å². The van der Waals surface area contributed by atoms with Gasteiger partial charge in [-0.05, 0) is 36.4 Å². The zero-order valence-electron chi connectivity index (χ0n) is 15.1. The number of hydrogen-bond donors (Lipinski definition) is 0. The SMILES string of the molecule is COc1ccc(-c2nc(CS(=O)Cc3cc(Cl)cc4c3OCOC4)cs2)cc1.